The van der Waals surface area contributed by atoms with Crippen molar-refractivity contribution in [2.24, 2.45) is 23.7 Å². The number of ether oxygens (including phenoxy) is 1. The summed E-state index contributed by atoms with van der Waals surface area (Å²) in [5, 5.41) is 0. The van der Waals surface area contributed by atoms with Crippen molar-refractivity contribution in [1.82, 2.24) is 14.9 Å². The molecular formula is C24H37N5O2. The van der Waals surface area contributed by atoms with Gasteiger partial charge in [-0.15, -0.1) is 0 Å². The van der Waals surface area contributed by atoms with Crippen LogP contribution in [-0.4, -0.2) is 52.2 Å². The molecule has 5 fully saturated rings. The van der Waals surface area contributed by atoms with Crippen LogP contribution in [0.1, 0.15) is 71.4 Å². The fourth-order valence-corrected chi connectivity index (χ4v) is 6.97. The molecule has 170 valence electrons. The third-order valence-electron chi connectivity index (χ3n) is 7.90. The van der Waals surface area contributed by atoms with Crippen LogP contribution in [0.15, 0.2) is 6.07 Å². The molecule has 1 aromatic heterocycles. The van der Waals surface area contributed by atoms with E-state index in [1.807, 2.05) is 25.7 Å². The zero-order valence-electron chi connectivity index (χ0n) is 19.4. The first kappa shape index (κ1) is 20.8. The smallest absolute Gasteiger partial charge is 0.410 e. The van der Waals surface area contributed by atoms with E-state index in [0.29, 0.717) is 18.4 Å². The van der Waals surface area contributed by atoms with Crippen LogP contribution in [0.25, 0.3) is 0 Å². The zero-order chi connectivity index (χ0) is 21.9. The zero-order valence-corrected chi connectivity index (χ0v) is 19.4. The summed E-state index contributed by atoms with van der Waals surface area (Å²) >= 11 is 0. The number of rotatable bonds is 2. The molecule has 4 saturated carbocycles. The van der Waals surface area contributed by atoms with E-state index in [-0.39, 0.29) is 12.1 Å². The number of nitrogen functional groups attached to an aromatic ring is 1. The third-order valence-corrected chi connectivity index (χ3v) is 7.90. The maximum atomic E-state index is 12.6. The van der Waals surface area contributed by atoms with Gasteiger partial charge in [0.05, 0.1) is 5.69 Å². The minimum atomic E-state index is -0.484. The molecule has 5 aliphatic rings. The van der Waals surface area contributed by atoms with Gasteiger partial charge < -0.3 is 20.3 Å². The van der Waals surface area contributed by atoms with Crippen molar-refractivity contribution in [2.45, 2.75) is 77.4 Å². The van der Waals surface area contributed by atoms with Gasteiger partial charge in [0.25, 0.3) is 0 Å². The standard InChI is InChI=1S/C24H37N5O2/c1-14-13-28(5-6-29(14)23(30)31-24(2,3)4)20-12-19(26-22(25)27-20)21-17-8-15-7-16(10-17)11-18(21)9-15/h12,14-18,21H,5-11,13H2,1-4H3,(H2,25,26,27). The van der Waals surface area contributed by atoms with Crippen LogP contribution >= 0.6 is 0 Å². The Hall–Kier alpha value is -2.05. The number of piperazine rings is 1. The highest BCUT2D eigenvalue weighted by atomic mass is 16.6. The topological polar surface area (TPSA) is 84.6 Å². The first-order valence-electron chi connectivity index (χ1n) is 12.1. The molecule has 7 nitrogen and oxygen atoms in total. The van der Waals surface area contributed by atoms with Crippen LogP contribution in [0.2, 0.25) is 0 Å². The van der Waals surface area contributed by atoms with E-state index < -0.39 is 5.60 Å². The Morgan fingerprint density at radius 2 is 1.71 bits per heavy atom. The van der Waals surface area contributed by atoms with E-state index in [1.165, 1.54) is 32.1 Å². The highest BCUT2D eigenvalue weighted by Crippen LogP contribution is 2.59. The number of amides is 1. The molecule has 0 spiro atoms. The van der Waals surface area contributed by atoms with Crippen molar-refractivity contribution in [2.75, 3.05) is 30.3 Å². The Kier molecular flexibility index (Phi) is 5.05. The minimum absolute atomic E-state index is 0.0458. The third kappa shape index (κ3) is 4.08. The fourth-order valence-electron chi connectivity index (χ4n) is 6.97. The van der Waals surface area contributed by atoms with Crippen LogP contribution in [0.3, 0.4) is 0 Å². The average molecular weight is 428 g/mol. The van der Waals surface area contributed by atoms with Gasteiger partial charge in [-0.2, -0.15) is 4.98 Å². The Morgan fingerprint density at radius 3 is 2.29 bits per heavy atom. The summed E-state index contributed by atoms with van der Waals surface area (Å²) in [4.78, 5) is 26.0. The summed E-state index contributed by atoms with van der Waals surface area (Å²) in [6.07, 6.45) is 6.67. The molecular weight excluding hydrogens is 390 g/mol. The molecule has 2 heterocycles. The lowest BCUT2D eigenvalue weighted by Gasteiger charge is -2.54. The van der Waals surface area contributed by atoms with Gasteiger partial charge in [0.15, 0.2) is 0 Å². The minimum Gasteiger partial charge on any atom is -0.444 e. The van der Waals surface area contributed by atoms with Crippen LogP contribution in [0, 0.1) is 23.7 Å². The molecule has 1 saturated heterocycles. The van der Waals surface area contributed by atoms with Gasteiger partial charge in [0, 0.05) is 37.7 Å². The molecule has 1 atom stereocenters. The van der Waals surface area contributed by atoms with Crippen LogP contribution in [-0.2, 0) is 4.74 Å². The monoisotopic (exact) mass is 427 g/mol. The van der Waals surface area contributed by atoms with Crippen LogP contribution in [0.4, 0.5) is 16.6 Å². The number of hydrogen-bond donors (Lipinski definition) is 1. The van der Waals surface area contributed by atoms with Gasteiger partial charge in [-0.25, -0.2) is 9.78 Å². The molecule has 4 aliphatic carbocycles. The molecule has 2 N–H and O–H groups in total. The average Bonchev–Trinajstić information content (AvgIpc) is 2.65. The normalized spacial score (nSPS) is 34.8. The lowest BCUT2D eigenvalue weighted by atomic mass is 9.51. The number of aromatic nitrogens is 2. The van der Waals surface area contributed by atoms with Crippen LogP contribution < -0.4 is 10.6 Å². The van der Waals surface area contributed by atoms with E-state index >= 15 is 0 Å². The molecule has 0 radical (unpaired) electrons. The summed E-state index contributed by atoms with van der Waals surface area (Å²) < 4.78 is 5.58. The molecule has 0 aromatic carbocycles. The maximum absolute atomic E-state index is 12.6. The van der Waals surface area contributed by atoms with Crippen molar-refractivity contribution in [3.8, 4) is 0 Å². The molecule has 7 heteroatoms. The first-order valence-corrected chi connectivity index (χ1v) is 12.1. The van der Waals surface area contributed by atoms with E-state index in [2.05, 4.69) is 22.9 Å². The molecule has 4 bridgehead atoms. The molecule has 31 heavy (non-hydrogen) atoms. The number of anilines is 2. The van der Waals surface area contributed by atoms with Crippen LogP contribution in [0.5, 0.6) is 0 Å². The molecule has 1 amide bonds. The van der Waals surface area contributed by atoms with E-state index in [4.69, 9.17) is 15.5 Å². The van der Waals surface area contributed by atoms with E-state index in [1.54, 1.807) is 0 Å². The fraction of sp³-hybridized carbons (Fsp3) is 0.792. The van der Waals surface area contributed by atoms with Gasteiger partial charge in [-0.05, 0) is 83.5 Å². The Balaban J connectivity index is 1.32. The largest absolute Gasteiger partial charge is 0.444 e. The summed E-state index contributed by atoms with van der Waals surface area (Å²) in [6, 6.07) is 2.24. The van der Waals surface area contributed by atoms with E-state index in [0.717, 1.165) is 48.3 Å². The van der Waals surface area contributed by atoms with Crippen molar-refractivity contribution < 1.29 is 9.53 Å². The number of carbonyl (C=O) groups excluding carboxylic acids is 1. The van der Waals surface area contributed by atoms with Gasteiger partial charge in [-0.3, -0.25) is 0 Å². The van der Waals surface area contributed by atoms with Crippen molar-refractivity contribution in [3.05, 3.63) is 11.8 Å². The molecule has 1 unspecified atom stereocenters. The second-order valence-electron chi connectivity index (χ2n) is 11.4. The summed E-state index contributed by atoms with van der Waals surface area (Å²) in [5.41, 5.74) is 6.87. The van der Waals surface area contributed by atoms with Crippen molar-refractivity contribution in [1.29, 1.82) is 0 Å². The number of hydrogen-bond acceptors (Lipinski definition) is 6. The second kappa shape index (κ2) is 7.52. The highest BCUT2D eigenvalue weighted by molar-refractivity contribution is 5.69. The number of nitrogens with two attached hydrogens (primary N) is 1. The van der Waals surface area contributed by atoms with Gasteiger partial charge in [-0.1, -0.05) is 0 Å². The summed E-state index contributed by atoms with van der Waals surface area (Å²) in [7, 11) is 0. The Morgan fingerprint density at radius 1 is 1.06 bits per heavy atom. The Bertz CT molecular complexity index is 823. The lowest BCUT2D eigenvalue weighted by molar-refractivity contribution is -0.00414. The lowest BCUT2D eigenvalue weighted by Crippen LogP contribution is -2.55. The molecule has 1 aromatic rings. The number of nitrogens with zero attached hydrogens (tertiary/aromatic N) is 4. The Labute approximate surface area is 185 Å². The quantitative estimate of drug-likeness (QED) is 0.767. The summed E-state index contributed by atoms with van der Waals surface area (Å²) in [6.45, 7) is 9.84. The summed E-state index contributed by atoms with van der Waals surface area (Å²) in [5.74, 6) is 5.24. The molecule has 6 rings (SSSR count). The van der Waals surface area contributed by atoms with Crippen molar-refractivity contribution >= 4 is 17.9 Å². The SMILES string of the molecule is CC1CN(c2cc(C3C4CC5CC(C4)CC3C5)nc(N)n2)CCN1C(=O)OC(C)(C)C. The van der Waals surface area contributed by atoms with Gasteiger partial charge in [0.2, 0.25) is 5.95 Å². The number of carbonyl (C=O) groups is 1. The first-order chi connectivity index (χ1) is 14.7. The van der Waals surface area contributed by atoms with Gasteiger partial charge in [0.1, 0.15) is 11.4 Å². The second-order valence-corrected chi connectivity index (χ2v) is 11.4. The highest BCUT2D eigenvalue weighted by Gasteiger charge is 2.49. The van der Waals surface area contributed by atoms with Crippen molar-refractivity contribution in [3.63, 3.8) is 0 Å². The van der Waals surface area contributed by atoms with Gasteiger partial charge >= 0.3 is 6.09 Å². The predicted molar refractivity (Wildman–Crippen MR) is 121 cm³/mol. The molecule has 1 aliphatic heterocycles. The van der Waals surface area contributed by atoms with E-state index in [9.17, 15) is 4.79 Å². The predicted octanol–water partition coefficient (Wildman–Crippen LogP) is 4.04. The maximum Gasteiger partial charge on any atom is 0.410 e.